The quantitative estimate of drug-likeness (QED) is 0.636. The van der Waals surface area contributed by atoms with Crippen LogP contribution in [-0.4, -0.2) is 11.4 Å². The standard InChI is InChI=1S/C7H4BrIO2/c8-5-2-1-4(3-10)7(11)6(5)9/h1-3,11H. The van der Waals surface area contributed by atoms with E-state index in [0.29, 0.717) is 15.4 Å². The lowest BCUT2D eigenvalue weighted by Gasteiger charge is -2.00. The number of carbonyl (C=O) groups excluding carboxylic acids is 1. The third-order valence-electron chi connectivity index (χ3n) is 1.23. The van der Waals surface area contributed by atoms with E-state index < -0.39 is 0 Å². The molecular weight excluding hydrogens is 323 g/mol. The molecule has 0 spiro atoms. The summed E-state index contributed by atoms with van der Waals surface area (Å²) in [6.07, 6.45) is 0.629. The van der Waals surface area contributed by atoms with Gasteiger partial charge in [0, 0.05) is 4.47 Å². The Labute approximate surface area is 85.9 Å². The monoisotopic (exact) mass is 326 g/mol. The molecule has 0 heterocycles. The summed E-state index contributed by atoms with van der Waals surface area (Å²) in [5.41, 5.74) is 0.317. The molecule has 0 bridgehead atoms. The van der Waals surface area contributed by atoms with Gasteiger partial charge in [-0.1, -0.05) is 0 Å². The predicted octanol–water partition coefficient (Wildman–Crippen LogP) is 2.57. The Balaban J connectivity index is 3.36. The summed E-state index contributed by atoms with van der Waals surface area (Å²) in [5.74, 6) is 0.0370. The molecule has 1 aromatic rings. The second-order valence-corrected chi connectivity index (χ2v) is 3.85. The van der Waals surface area contributed by atoms with Crippen LogP contribution in [0.25, 0.3) is 0 Å². The molecule has 0 saturated carbocycles. The Morgan fingerprint density at radius 3 is 2.73 bits per heavy atom. The fourth-order valence-corrected chi connectivity index (χ4v) is 1.46. The van der Waals surface area contributed by atoms with Crippen LogP contribution >= 0.6 is 38.5 Å². The Kier molecular flexibility index (Phi) is 2.89. The molecule has 1 aromatic carbocycles. The minimum atomic E-state index is 0.0370. The predicted molar refractivity (Wildman–Crippen MR) is 53.9 cm³/mol. The molecule has 1 rings (SSSR count). The molecule has 0 aliphatic carbocycles. The summed E-state index contributed by atoms with van der Waals surface area (Å²) in [6.45, 7) is 0. The first kappa shape index (κ1) is 8.99. The Bertz CT molecular complexity index is 299. The van der Waals surface area contributed by atoms with E-state index >= 15 is 0 Å². The van der Waals surface area contributed by atoms with Crippen molar-refractivity contribution in [2.45, 2.75) is 0 Å². The molecule has 2 nitrogen and oxygen atoms in total. The topological polar surface area (TPSA) is 37.3 Å². The number of carbonyl (C=O) groups is 1. The molecule has 0 aliphatic heterocycles. The largest absolute Gasteiger partial charge is 0.506 e. The lowest BCUT2D eigenvalue weighted by atomic mass is 10.2. The van der Waals surface area contributed by atoms with Crippen LogP contribution in [0.4, 0.5) is 0 Å². The van der Waals surface area contributed by atoms with Gasteiger partial charge >= 0.3 is 0 Å². The molecule has 0 fully saturated rings. The van der Waals surface area contributed by atoms with Crippen LogP contribution in [0, 0.1) is 3.57 Å². The summed E-state index contributed by atoms with van der Waals surface area (Å²) in [4.78, 5) is 10.3. The van der Waals surface area contributed by atoms with E-state index in [4.69, 9.17) is 0 Å². The number of phenols is 1. The van der Waals surface area contributed by atoms with Crippen LogP contribution in [0.2, 0.25) is 0 Å². The summed E-state index contributed by atoms with van der Waals surface area (Å²) in [6, 6.07) is 3.29. The number of phenolic OH excluding ortho intramolecular Hbond substituents is 1. The van der Waals surface area contributed by atoms with Crippen LogP contribution in [0.1, 0.15) is 10.4 Å². The number of rotatable bonds is 1. The van der Waals surface area contributed by atoms with Gasteiger partial charge in [0.1, 0.15) is 5.75 Å². The minimum Gasteiger partial charge on any atom is -0.506 e. The first-order valence-electron chi connectivity index (χ1n) is 2.79. The van der Waals surface area contributed by atoms with E-state index in [1.165, 1.54) is 0 Å². The highest BCUT2D eigenvalue weighted by atomic mass is 127. The highest BCUT2D eigenvalue weighted by Crippen LogP contribution is 2.29. The van der Waals surface area contributed by atoms with Crippen molar-refractivity contribution in [3.8, 4) is 5.75 Å². The minimum absolute atomic E-state index is 0.0370. The van der Waals surface area contributed by atoms with Gasteiger partial charge in [0.25, 0.3) is 0 Å². The van der Waals surface area contributed by atoms with Crippen LogP contribution in [0.3, 0.4) is 0 Å². The summed E-state index contributed by atoms with van der Waals surface area (Å²) in [7, 11) is 0. The molecule has 0 atom stereocenters. The molecular formula is C7H4BrIO2. The number of aldehydes is 1. The van der Waals surface area contributed by atoms with Gasteiger partial charge in [-0.05, 0) is 50.7 Å². The van der Waals surface area contributed by atoms with Crippen molar-refractivity contribution in [2.75, 3.05) is 0 Å². The zero-order valence-electron chi connectivity index (χ0n) is 5.34. The molecule has 58 valence electrons. The molecule has 4 heteroatoms. The number of halogens is 2. The molecule has 11 heavy (non-hydrogen) atoms. The molecule has 0 aromatic heterocycles. The number of aromatic hydroxyl groups is 1. The van der Waals surface area contributed by atoms with E-state index in [0.717, 1.165) is 4.47 Å². The SMILES string of the molecule is O=Cc1ccc(Br)c(I)c1O. The van der Waals surface area contributed by atoms with Crippen LogP contribution in [0.15, 0.2) is 16.6 Å². The van der Waals surface area contributed by atoms with Crippen molar-refractivity contribution in [1.29, 1.82) is 0 Å². The first-order chi connectivity index (χ1) is 5.16. The summed E-state index contributed by atoms with van der Waals surface area (Å²) in [5, 5.41) is 9.31. The van der Waals surface area contributed by atoms with Crippen molar-refractivity contribution in [1.82, 2.24) is 0 Å². The van der Waals surface area contributed by atoms with Crippen molar-refractivity contribution < 1.29 is 9.90 Å². The van der Waals surface area contributed by atoms with Crippen molar-refractivity contribution in [3.05, 3.63) is 25.7 Å². The molecule has 0 saturated heterocycles. The molecule has 1 N–H and O–H groups in total. The average Bonchev–Trinajstić information content (AvgIpc) is 2.01. The Hall–Kier alpha value is -0.100. The van der Waals surface area contributed by atoms with Crippen LogP contribution in [0.5, 0.6) is 5.75 Å². The van der Waals surface area contributed by atoms with Gasteiger partial charge in [0.2, 0.25) is 0 Å². The maximum atomic E-state index is 10.3. The Morgan fingerprint density at radius 1 is 1.55 bits per heavy atom. The lowest BCUT2D eigenvalue weighted by Crippen LogP contribution is -1.84. The zero-order valence-corrected chi connectivity index (χ0v) is 9.09. The Morgan fingerprint density at radius 2 is 2.18 bits per heavy atom. The van der Waals surface area contributed by atoms with Gasteiger partial charge in [0.05, 0.1) is 9.13 Å². The smallest absolute Gasteiger partial charge is 0.153 e. The van der Waals surface area contributed by atoms with E-state index in [1.54, 1.807) is 12.1 Å². The third kappa shape index (κ3) is 1.73. The molecule has 0 unspecified atom stereocenters. The normalized spacial score (nSPS) is 9.64. The first-order valence-corrected chi connectivity index (χ1v) is 4.66. The van der Waals surface area contributed by atoms with Gasteiger partial charge in [-0.15, -0.1) is 0 Å². The lowest BCUT2D eigenvalue weighted by molar-refractivity contribution is 0.112. The highest BCUT2D eigenvalue weighted by Gasteiger charge is 2.06. The van der Waals surface area contributed by atoms with Gasteiger partial charge in [-0.2, -0.15) is 0 Å². The van der Waals surface area contributed by atoms with Crippen LogP contribution < -0.4 is 0 Å². The maximum Gasteiger partial charge on any atom is 0.153 e. The van der Waals surface area contributed by atoms with Gasteiger partial charge in [0.15, 0.2) is 6.29 Å². The molecule has 0 amide bonds. The molecule has 0 radical (unpaired) electrons. The number of benzene rings is 1. The second-order valence-electron chi connectivity index (χ2n) is 1.92. The van der Waals surface area contributed by atoms with Crippen LogP contribution in [-0.2, 0) is 0 Å². The second kappa shape index (κ2) is 3.53. The van der Waals surface area contributed by atoms with E-state index in [2.05, 4.69) is 15.9 Å². The molecule has 0 aliphatic rings. The summed E-state index contributed by atoms with van der Waals surface area (Å²) >= 11 is 5.19. The number of hydrogen-bond donors (Lipinski definition) is 1. The van der Waals surface area contributed by atoms with Crippen molar-refractivity contribution in [3.63, 3.8) is 0 Å². The zero-order chi connectivity index (χ0) is 8.43. The van der Waals surface area contributed by atoms with E-state index in [9.17, 15) is 9.90 Å². The highest BCUT2D eigenvalue weighted by molar-refractivity contribution is 14.1. The van der Waals surface area contributed by atoms with Crippen molar-refractivity contribution >= 4 is 44.8 Å². The summed E-state index contributed by atoms with van der Waals surface area (Å²) < 4.78 is 1.45. The van der Waals surface area contributed by atoms with Gasteiger partial charge < -0.3 is 5.11 Å². The third-order valence-corrected chi connectivity index (χ3v) is 3.72. The van der Waals surface area contributed by atoms with Crippen molar-refractivity contribution in [2.24, 2.45) is 0 Å². The average molecular weight is 327 g/mol. The van der Waals surface area contributed by atoms with E-state index in [1.807, 2.05) is 22.6 Å². The van der Waals surface area contributed by atoms with Gasteiger partial charge in [-0.25, -0.2) is 0 Å². The maximum absolute atomic E-state index is 10.3. The fraction of sp³-hybridized carbons (Fsp3) is 0. The fourth-order valence-electron chi connectivity index (χ4n) is 0.650. The number of hydrogen-bond acceptors (Lipinski definition) is 2. The van der Waals surface area contributed by atoms with E-state index in [-0.39, 0.29) is 5.75 Å². The van der Waals surface area contributed by atoms with Gasteiger partial charge in [-0.3, -0.25) is 4.79 Å².